The van der Waals surface area contributed by atoms with Crippen molar-refractivity contribution in [3.8, 4) is 22.9 Å². The molecule has 9 nitrogen and oxygen atoms in total. The van der Waals surface area contributed by atoms with Gasteiger partial charge in [0.2, 0.25) is 0 Å². The van der Waals surface area contributed by atoms with Crippen LogP contribution in [0.1, 0.15) is 25.3 Å². The molecule has 1 aliphatic rings. The molecular formula is C24H22F2N6O3. The van der Waals surface area contributed by atoms with Crippen molar-refractivity contribution < 1.29 is 23.2 Å². The van der Waals surface area contributed by atoms with Crippen LogP contribution in [0.3, 0.4) is 0 Å². The summed E-state index contributed by atoms with van der Waals surface area (Å²) in [6.45, 7) is 2.35. The predicted molar refractivity (Wildman–Crippen MR) is 121 cm³/mol. The Morgan fingerprint density at radius 2 is 2.03 bits per heavy atom. The molecule has 11 heteroatoms. The quantitative estimate of drug-likeness (QED) is 0.441. The number of carboxylic acid groups (broad SMARTS) is 1. The highest BCUT2D eigenvalue weighted by Crippen LogP contribution is 2.31. The van der Waals surface area contributed by atoms with Crippen LogP contribution >= 0.6 is 0 Å². The molecule has 1 fully saturated rings. The second-order valence-electron chi connectivity index (χ2n) is 8.43. The van der Waals surface area contributed by atoms with Gasteiger partial charge in [-0.05, 0) is 31.9 Å². The second-order valence-corrected chi connectivity index (χ2v) is 8.43. The van der Waals surface area contributed by atoms with Crippen LogP contribution in [0.5, 0.6) is 0 Å². The van der Waals surface area contributed by atoms with Gasteiger partial charge in [0.05, 0.1) is 24.4 Å². The summed E-state index contributed by atoms with van der Waals surface area (Å²) in [5.74, 6) is -2.37. The lowest BCUT2D eigenvalue weighted by atomic mass is 9.90. The third-order valence-corrected chi connectivity index (χ3v) is 6.29. The highest BCUT2D eigenvalue weighted by molar-refractivity contribution is 5.72. The molecule has 3 aromatic heterocycles. The summed E-state index contributed by atoms with van der Waals surface area (Å²) in [6, 6.07) is 9.25. The fraction of sp³-hybridized carbons (Fsp3) is 0.292. The van der Waals surface area contributed by atoms with Gasteiger partial charge in [0.15, 0.2) is 17.5 Å². The van der Waals surface area contributed by atoms with Gasteiger partial charge in [-0.1, -0.05) is 23.4 Å². The molecule has 0 spiro atoms. The Labute approximate surface area is 199 Å². The molecule has 180 valence electrons. The van der Waals surface area contributed by atoms with Gasteiger partial charge >= 0.3 is 5.97 Å². The van der Waals surface area contributed by atoms with E-state index in [9.17, 15) is 18.7 Å². The fourth-order valence-electron chi connectivity index (χ4n) is 4.44. The number of carboxylic acids is 1. The SMILES string of the molecule is C[C@H]1[C@@H](C(=O)O)CCCN1c1nc(-c2cc(-c3ccon3)n(Cc3ccccc3F)n2)ncc1F. The van der Waals surface area contributed by atoms with Gasteiger partial charge in [-0.2, -0.15) is 5.10 Å². The van der Waals surface area contributed by atoms with E-state index in [2.05, 4.69) is 20.2 Å². The van der Waals surface area contributed by atoms with E-state index < -0.39 is 23.7 Å². The third kappa shape index (κ3) is 4.36. The van der Waals surface area contributed by atoms with Gasteiger partial charge < -0.3 is 14.5 Å². The van der Waals surface area contributed by atoms with E-state index >= 15 is 0 Å². The average molecular weight is 480 g/mol. The van der Waals surface area contributed by atoms with Crippen molar-refractivity contribution in [3.63, 3.8) is 0 Å². The number of hydrogen-bond acceptors (Lipinski definition) is 7. The Morgan fingerprint density at radius 1 is 1.20 bits per heavy atom. The summed E-state index contributed by atoms with van der Waals surface area (Å²) < 4.78 is 35.7. The lowest BCUT2D eigenvalue weighted by Crippen LogP contribution is -2.47. The number of aliphatic carboxylic acids is 1. The van der Waals surface area contributed by atoms with Crippen molar-refractivity contribution in [2.24, 2.45) is 5.92 Å². The van der Waals surface area contributed by atoms with Crippen LogP contribution in [-0.2, 0) is 11.3 Å². The van der Waals surface area contributed by atoms with Gasteiger partial charge in [0.25, 0.3) is 0 Å². The van der Waals surface area contributed by atoms with E-state index in [0.29, 0.717) is 42.0 Å². The molecule has 0 amide bonds. The predicted octanol–water partition coefficient (Wildman–Crippen LogP) is 4.01. The molecule has 0 unspecified atom stereocenters. The number of rotatable bonds is 6. The molecule has 4 heterocycles. The van der Waals surface area contributed by atoms with Crippen LogP contribution in [0.15, 0.2) is 53.4 Å². The molecule has 5 rings (SSSR count). The molecule has 1 aromatic carbocycles. The standard InChI is InChI=1S/C24H22F2N6O3/c1-14-16(24(33)34)6-4-9-31(14)23-18(26)12-27-22(28-23)20-11-21(19-8-10-35-30-19)32(29-20)13-15-5-2-3-7-17(15)25/h2-3,5,7-8,10-12,14,16H,4,6,9,13H2,1H3,(H,33,34)/t14-,16-/m0/s1. The Hall–Kier alpha value is -4.15. The fourth-order valence-corrected chi connectivity index (χ4v) is 4.44. The second kappa shape index (κ2) is 9.24. The summed E-state index contributed by atoms with van der Waals surface area (Å²) in [4.78, 5) is 21.8. The summed E-state index contributed by atoms with van der Waals surface area (Å²) >= 11 is 0. The third-order valence-electron chi connectivity index (χ3n) is 6.29. The summed E-state index contributed by atoms with van der Waals surface area (Å²) in [5, 5.41) is 18.1. The summed E-state index contributed by atoms with van der Waals surface area (Å²) in [5.41, 5.74) is 1.79. The topological polar surface area (TPSA) is 110 Å². The van der Waals surface area contributed by atoms with Crippen LogP contribution in [0.2, 0.25) is 0 Å². The Bertz CT molecular complexity index is 1360. The van der Waals surface area contributed by atoms with Gasteiger partial charge in [-0.3, -0.25) is 9.48 Å². The van der Waals surface area contributed by atoms with Crippen LogP contribution < -0.4 is 4.90 Å². The van der Waals surface area contributed by atoms with E-state index in [1.54, 1.807) is 46.8 Å². The minimum Gasteiger partial charge on any atom is -0.481 e. The van der Waals surface area contributed by atoms with Crippen molar-refractivity contribution in [2.45, 2.75) is 32.4 Å². The van der Waals surface area contributed by atoms with Crippen molar-refractivity contribution in [2.75, 3.05) is 11.4 Å². The summed E-state index contributed by atoms with van der Waals surface area (Å²) in [7, 11) is 0. The molecule has 1 saturated heterocycles. The number of anilines is 1. The van der Waals surface area contributed by atoms with Crippen molar-refractivity contribution in [3.05, 3.63) is 66.1 Å². The first-order valence-electron chi connectivity index (χ1n) is 11.2. The molecule has 0 bridgehead atoms. The monoisotopic (exact) mass is 480 g/mol. The number of nitrogens with zero attached hydrogens (tertiary/aromatic N) is 6. The minimum atomic E-state index is -0.916. The normalized spacial score (nSPS) is 18.1. The van der Waals surface area contributed by atoms with Gasteiger partial charge in [-0.25, -0.2) is 18.7 Å². The summed E-state index contributed by atoms with van der Waals surface area (Å²) in [6.07, 6.45) is 3.60. The molecule has 2 atom stereocenters. The Balaban J connectivity index is 1.54. The van der Waals surface area contributed by atoms with Gasteiger partial charge in [-0.15, -0.1) is 0 Å². The molecule has 0 radical (unpaired) electrons. The highest BCUT2D eigenvalue weighted by Gasteiger charge is 2.35. The number of halogens is 2. The molecule has 4 aromatic rings. The number of hydrogen-bond donors (Lipinski definition) is 1. The lowest BCUT2D eigenvalue weighted by molar-refractivity contribution is -0.143. The van der Waals surface area contributed by atoms with Crippen LogP contribution in [0.25, 0.3) is 22.9 Å². The molecule has 1 N–H and O–H groups in total. The number of piperidine rings is 1. The van der Waals surface area contributed by atoms with Gasteiger partial charge in [0, 0.05) is 24.2 Å². The first kappa shape index (κ1) is 22.6. The van der Waals surface area contributed by atoms with Crippen LogP contribution in [-0.4, -0.2) is 48.6 Å². The van der Waals surface area contributed by atoms with E-state index in [1.807, 2.05) is 0 Å². The van der Waals surface area contributed by atoms with Crippen molar-refractivity contribution in [1.82, 2.24) is 24.9 Å². The van der Waals surface area contributed by atoms with Crippen molar-refractivity contribution >= 4 is 11.8 Å². The molecule has 35 heavy (non-hydrogen) atoms. The highest BCUT2D eigenvalue weighted by atomic mass is 19.1. The van der Waals surface area contributed by atoms with E-state index in [0.717, 1.165) is 6.20 Å². The first-order chi connectivity index (χ1) is 16.9. The van der Waals surface area contributed by atoms with E-state index in [-0.39, 0.29) is 24.0 Å². The molecule has 0 saturated carbocycles. The number of benzene rings is 1. The Kier molecular flexibility index (Phi) is 5.98. The maximum absolute atomic E-state index is 14.8. The van der Waals surface area contributed by atoms with Crippen molar-refractivity contribution in [1.29, 1.82) is 0 Å². The van der Waals surface area contributed by atoms with Crippen LogP contribution in [0, 0.1) is 17.6 Å². The largest absolute Gasteiger partial charge is 0.481 e. The zero-order valence-electron chi connectivity index (χ0n) is 18.8. The molecule has 0 aliphatic carbocycles. The molecular weight excluding hydrogens is 458 g/mol. The zero-order valence-corrected chi connectivity index (χ0v) is 18.8. The van der Waals surface area contributed by atoms with Crippen LogP contribution in [0.4, 0.5) is 14.6 Å². The minimum absolute atomic E-state index is 0.0279. The molecule has 1 aliphatic heterocycles. The van der Waals surface area contributed by atoms with Gasteiger partial charge in [0.1, 0.15) is 23.5 Å². The zero-order chi connectivity index (χ0) is 24.5. The average Bonchev–Trinajstić information content (AvgIpc) is 3.51. The maximum Gasteiger partial charge on any atom is 0.308 e. The first-order valence-corrected chi connectivity index (χ1v) is 11.2. The van der Waals surface area contributed by atoms with E-state index in [1.165, 1.54) is 12.3 Å². The Morgan fingerprint density at radius 3 is 2.77 bits per heavy atom. The number of carbonyl (C=O) groups is 1. The van der Waals surface area contributed by atoms with E-state index in [4.69, 9.17) is 4.52 Å². The number of aromatic nitrogens is 5. The lowest BCUT2D eigenvalue weighted by Gasteiger charge is -2.38. The smallest absolute Gasteiger partial charge is 0.308 e. The maximum atomic E-state index is 14.8.